The van der Waals surface area contributed by atoms with Gasteiger partial charge in [0.1, 0.15) is 12.4 Å². The average molecular weight is 310 g/mol. The van der Waals surface area contributed by atoms with Crippen LogP contribution < -0.4 is 10.1 Å². The Labute approximate surface area is 115 Å². The Balaban J connectivity index is 1.89. The largest absolute Gasteiger partial charge is 0.491 e. The molecule has 2 aromatic rings. The van der Waals surface area contributed by atoms with E-state index in [4.69, 9.17) is 4.74 Å². The highest BCUT2D eigenvalue weighted by Crippen LogP contribution is 2.25. The molecular formula is C13H16BrN3O. The molecule has 0 aliphatic rings. The van der Waals surface area contributed by atoms with Crippen molar-refractivity contribution in [2.24, 2.45) is 0 Å². The van der Waals surface area contributed by atoms with Crippen LogP contribution in [0.4, 0.5) is 0 Å². The van der Waals surface area contributed by atoms with Gasteiger partial charge in [-0.2, -0.15) is 0 Å². The molecule has 96 valence electrons. The van der Waals surface area contributed by atoms with Crippen molar-refractivity contribution in [3.63, 3.8) is 0 Å². The molecule has 0 atom stereocenters. The number of hydrogen-bond donors (Lipinski definition) is 1. The van der Waals surface area contributed by atoms with Crippen LogP contribution in [0.5, 0.6) is 5.75 Å². The standard InChI is InChI=1S/C13H16BrN3O/c1-15-9-11-2-3-13(12(14)8-11)18-7-6-17-5-4-16-10-17/h2-5,8,10,15H,6-7,9H2,1H3. The van der Waals surface area contributed by atoms with E-state index in [1.165, 1.54) is 5.56 Å². The molecule has 1 aromatic heterocycles. The first-order valence-electron chi connectivity index (χ1n) is 5.81. The highest BCUT2D eigenvalue weighted by molar-refractivity contribution is 9.10. The van der Waals surface area contributed by atoms with Crippen molar-refractivity contribution < 1.29 is 4.74 Å². The van der Waals surface area contributed by atoms with E-state index in [0.29, 0.717) is 6.61 Å². The summed E-state index contributed by atoms with van der Waals surface area (Å²) in [5.41, 5.74) is 1.23. The highest BCUT2D eigenvalue weighted by Gasteiger charge is 2.02. The Kier molecular flexibility index (Phi) is 4.78. The van der Waals surface area contributed by atoms with E-state index >= 15 is 0 Å². The van der Waals surface area contributed by atoms with Crippen molar-refractivity contribution in [3.05, 3.63) is 47.0 Å². The minimum atomic E-state index is 0.625. The summed E-state index contributed by atoms with van der Waals surface area (Å²) in [5.74, 6) is 0.870. The van der Waals surface area contributed by atoms with Crippen molar-refractivity contribution in [1.82, 2.24) is 14.9 Å². The third kappa shape index (κ3) is 3.58. The first-order valence-corrected chi connectivity index (χ1v) is 6.60. The normalized spacial score (nSPS) is 10.6. The molecule has 0 saturated carbocycles. The van der Waals surface area contributed by atoms with Gasteiger partial charge in [-0.3, -0.25) is 0 Å². The van der Waals surface area contributed by atoms with Crippen LogP contribution in [0.3, 0.4) is 0 Å². The van der Waals surface area contributed by atoms with E-state index in [-0.39, 0.29) is 0 Å². The van der Waals surface area contributed by atoms with E-state index in [0.717, 1.165) is 23.3 Å². The SMILES string of the molecule is CNCc1ccc(OCCn2ccnc2)c(Br)c1. The number of rotatable bonds is 6. The number of halogens is 1. The number of nitrogens with zero attached hydrogens (tertiary/aromatic N) is 2. The molecule has 0 fully saturated rings. The molecule has 0 saturated heterocycles. The fourth-order valence-electron chi connectivity index (χ4n) is 1.66. The van der Waals surface area contributed by atoms with E-state index in [1.54, 1.807) is 12.5 Å². The highest BCUT2D eigenvalue weighted by atomic mass is 79.9. The van der Waals surface area contributed by atoms with E-state index < -0.39 is 0 Å². The van der Waals surface area contributed by atoms with Crippen molar-refractivity contribution in [2.45, 2.75) is 13.1 Å². The van der Waals surface area contributed by atoms with Crippen molar-refractivity contribution in [3.8, 4) is 5.75 Å². The Morgan fingerprint density at radius 1 is 1.44 bits per heavy atom. The van der Waals surface area contributed by atoms with Crippen LogP contribution in [0.15, 0.2) is 41.4 Å². The maximum Gasteiger partial charge on any atom is 0.133 e. The topological polar surface area (TPSA) is 39.1 Å². The van der Waals surface area contributed by atoms with Gasteiger partial charge in [-0.1, -0.05) is 6.07 Å². The number of ether oxygens (including phenoxy) is 1. The lowest BCUT2D eigenvalue weighted by atomic mass is 10.2. The van der Waals surface area contributed by atoms with Gasteiger partial charge in [0.2, 0.25) is 0 Å². The van der Waals surface area contributed by atoms with Gasteiger partial charge in [0, 0.05) is 18.9 Å². The molecule has 0 aliphatic carbocycles. The fraction of sp³-hybridized carbons (Fsp3) is 0.308. The monoisotopic (exact) mass is 309 g/mol. The molecule has 18 heavy (non-hydrogen) atoms. The molecule has 4 nitrogen and oxygen atoms in total. The van der Waals surface area contributed by atoms with Crippen molar-refractivity contribution in [1.29, 1.82) is 0 Å². The quantitative estimate of drug-likeness (QED) is 0.891. The van der Waals surface area contributed by atoms with Gasteiger partial charge in [-0.15, -0.1) is 0 Å². The van der Waals surface area contributed by atoms with Gasteiger partial charge in [-0.25, -0.2) is 4.98 Å². The van der Waals surface area contributed by atoms with E-state index in [2.05, 4.69) is 38.4 Å². The molecule has 5 heteroatoms. The van der Waals surface area contributed by atoms with Gasteiger partial charge in [0.15, 0.2) is 0 Å². The summed E-state index contributed by atoms with van der Waals surface area (Å²) in [6, 6.07) is 6.13. The summed E-state index contributed by atoms with van der Waals surface area (Å²) in [6.45, 7) is 2.28. The molecule has 0 amide bonds. The third-order valence-corrected chi connectivity index (χ3v) is 3.16. The van der Waals surface area contributed by atoms with Crippen LogP contribution in [0.25, 0.3) is 0 Å². The van der Waals surface area contributed by atoms with Crippen LogP contribution >= 0.6 is 15.9 Å². The predicted octanol–water partition coefficient (Wildman–Crippen LogP) is 2.44. The van der Waals surface area contributed by atoms with Gasteiger partial charge >= 0.3 is 0 Å². The Bertz CT molecular complexity index is 485. The molecule has 1 aromatic carbocycles. The van der Waals surface area contributed by atoms with Crippen LogP contribution in [0.1, 0.15) is 5.56 Å². The number of hydrogen-bond acceptors (Lipinski definition) is 3. The van der Waals surface area contributed by atoms with Crippen LogP contribution in [-0.4, -0.2) is 23.2 Å². The van der Waals surface area contributed by atoms with E-state index in [1.807, 2.05) is 23.9 Å². The summed E-state index contributed by atoms with van der Waals surface area (Å²) in [7, 11) is 1.93. The Morgan fingerprint density at radius 3 is 3.00 bits per heavy atom. The summed E-state index contributed by atoms with van der Waals surface area (Å²) < 4.78 is 8.70. The minimum absolute atomic E-state index is 0.625. The van der Waals surface area contributed by atoms with Crippen molar-refractivity contribution >= 4 is 15.9 Å². The average Bonchev–Trinajstić information content (AvgIpc) is 2.85. The Hall–Kier alpha value is -1.33. The molecule has 1 heterocycles. The fourth-order valence-corrected chi connectivity index (χ4v) is 2.20. The third-order valence-electron chi connectivity index (χ3n) is 2.54. The second-order valence-corrected chi connectivity index (χ2v) is 4.80. The second-order valence-electron chi connectivity index (χ2n) is 3.94. The Morgan fingerprint density at radius 2 is 2.33 bits per heavy atom. The molecular weight excluding hydrogens is 294 g/mol. The van der Waals surface area contributed by atoms with E-state index in [9.17, 15) is 0 Å². The van der Waals surface area contributed by atoms with Crippen molar-refractivity contribution in [2.75, 3.05) is 13.7 Å². The summed E-state index contributed by atoms with van der Waals surface area (Å²) in [6.07, 6.45) is 5.48. The lowest BCUT2D eigenvalue weighted by Crippen LogP contribution is -2.08. The first-order chi connectivity index (χ1) is 8.79. The molecule has 0 unspecified atom stereocenters. The molecule has 0 bridgehead atoms. The number of nitrogens with one attached hydrogen (secondary N) is 1. The molecule has 0 radical (unpaired) electrons. The summed E-state index contributed by atoms with van der Waals surface area (Å²) >= 11 is 3.52. The van der Waals surface area contributed by atoms with Crippen LogP contribution in [0, 0.1) is 0 Å². The van der Waals surface area contributed by atoms with Gasteiger partial charge < -0.3 is 14.6 Å². The molecule has 0 aliphatic heterocycles. The lowest BCUT2D eigenvalue weighted by molar-refractivity contribution is 0.296. The van der Waals surface area contributed by atoms with Gasteiger partial charge in [-0.05, 0) is 40.7 Å². The maximum atomic E-state index is 5.73. The zero-order valence-corrected chi connectivity index (χ0v) is 11.9. The van der Waals surface area contributed by atoms with Gasteiger partial charge in [0.05, 0.1) is 17.3 Å². The number of imidazole rings is 1. The number of aromatic nitrogens is 2. The minimum Gasteiger partial charge on any atom is -0.491 e. The molecule has 1 N–H and O–H groups in total. The zero-order valence-electron chi connectivity index (χ0n) is 10.3. The summed E-state index contributed by atoms with van der Waals surface area (Å²) in [5, 5.41) is 3.12. The first kappa shape index (κ1) is 13.1. The predicted molar refractivity (Wildman–Crippen MR) is 74.6 cm³/mol. The van der Waals surface area contributed by atoms with Crippen LogP contribution in [-0.2, 0) is 13.1 Å². The van der Waals surface area contributed by atoms with Crippen LogP contribution in [0.2, 0.25) is 0 Å². The molecule has 2 rings (SSSR count). The zero-order chi connectivity index (χ0) is 12.8. The second kappa shape index (κ2) is 6.56. The van der Waals surface area contributed by atoms with Gasteiger partial charge in [0.25, 0.3) is 0 Å². The molecule has 0 spiro atoms. The smallest absolute Gasteiger partial charge is 0.133 e. The number of benzene rings is 1. The maximum absolute atomic E-state index is 5.73. The summed E-state index contributed by atoms with van der Waals surface area (Å²) in [4.78, 5) is 3.99. The lowest BCUT2D eigenvalue weighted by Gasteiger charge is -2.10.